The van der Waals surface area contributed by atoms with Gasteiger partial charge in [-0.15, -0.1) is 0 Å². The van der Waals surface area contributed by atoms with E-state index in [4.69, 9.17) is 15.0 Å². The summed E-state index contributed by atoms with van der Waals surface area (Å²) in [6.45, 7) is 4.41. The summed E-state index contributed by atoms with van der Waals surface area (Å²) in [4.78, 5) is 22.1. The van der Waals surface area contributed by atoms with E-state index in [1.807, 2.05) is 48.4 Å². The largest absolute Gasteiger partial charge is 0.264 e. The molecule has 1 spiro atoms. The molecule has 3 heterocycles. The normalized spacial score (nSPS) is 21.7. The molecule has 5 aromatic rings. The van der Waals surface area contributed by atoms with Crippen molar-refractivity contribution in [2.75, 3.05) is 0 Å². The first-order chi connectivity index (χ1) is 26.7. The lowest BCUT2D eigenvalue weighted by molar-refractivity contribution is 0.499. The van der Waals surface area contributed by atoms with E-state index >= 15 is 0 Å². The van der Waals surface area contributed by atoms with Crippen LogP contribution in [-0.2, 0) is 5.41 Å². The number of thioether (sulfide) groups is 1. The Hall–Kier alpha value is -5.91. The van der Waals surface area contributed by atoms with Crippen molar-refractivity contribution in [1.29, 1.82) is 0 Å². The lowest BCUT2D eigenvalue weighted by Gasteiger charge is -2.44. The summed E-state index contributed by atoms with van der Waals surface area (Å²) in [7, 11) is 0. The molecule has 54 heavy (non-hydrogen) atoms. The van der Waals surface area contributed by atoms with Gasteiger partial charge in [0.25, 0.3) is 0 Å². The van der Waals surface area contributed by atoms with Gasteiger partial charge in [-0.1, -0.05) is 158 Å². The third kappa shape index (κ3) is 5.29. The monoisotopic (exact) mass is 714 g/mol. The Balaban J connectivity index is 1.18. The summed E-state index contributed by atoms with van der Waals surface area (Å²) < 4.78 is 0. The summed E-state index contributed by atoms with van der Waals surface area (Å²) in [6.07, 6.45) is 31.5. The Morgan fingerprint density at radius 1 is 0.778 bits per heavy atom. The first-order valence-corrected chi connectivity index (χ1v) is 19.6. The third-order valence-corrected chi connectivity index (χ3v) is 12.8. The van der Waals surface area contributed by atoms with Crippen molar-refractivity contribution in [2.45, 2.75) is 36.5 Å². The Morgan fingerprint density at radius 3 is 2.35 bits per heavy atom. The zero-order chi connectivity index (χ0) is 36.1. The fourth-order valence-electron chi connectivity index (χ4n) is 9.15. The highest BCUT2D eigenvalue weighted by Crippen LogP contribution is 2.65. The van der Waals surface area contributed by atoms with Gasteiger partial charge in [-0.3, -0.25) is 4.98 Å². The molecule has 5 heteroatoms. The molecule has 0 saturated carbocycles. The maximum atomic E-state index is 5.11. The average molecular weight is 715 g/mol. The number of aromatic nitrogens is 4. The molecule has 0 radical (unpaired) electrons. The molecule has 1 aliphatic heterocycles. The van der Waals surface area contributed by atoms with E-state index in [1.165, 1.54) is 49.4 Å². The average Bonchev–Trinajstić information content (AvgIpc) is 3.54. The van der Waals surface area contributed by atoms with Gasteiger partial charge in [-0.05, 0) is 87.8 Å². The van der Waals surface area contributed by atoms with Crippen molar-refractivity contribution in [2.24, 2.45) is 5.92 Å². The van der Waals surface area contributed by atoms with E-state index in [0.29, 0.717) is 23.5 Å². The molecule has 0 N–H and O–H groups in total. The standard InChI is InChI=1S/C49H38N4S/c1-2-44-42(25-27-46-51-47(32-14-5-3-6-15-32)53-48(52-46)33-16-7-4-8-17-33)49(40-22-11-9-19-38(40)39-20-10-12-23-41(39)49)43-30-34(24-26-45(43)54-44)36-21-13-18-35-31-50-29-28-37(35)36/h2-16,18-20,22-23,25-31,33-34,36H,1,17,21,24H2/b27-25+. The maximum Gasteiger partial charge on any atom is 0.163 e. The lowest BCUT2D eigenvalue weighted by Crippen LogP contribution is -2.35. The first kappa shape index (κ1) is 32.7. The van der Waals surface area contributed by atoms with Gasteiger partial charge < -0.3 is 0 Å². The number of rotatable bonds is 6. The van der Waals surface area contributed by atoms with Gasteiger partial charge in [0.15, 0.2) is 11.6 Å². The van der Waals surface area contributed by atoms with Gasteiger partial charge in [0.2, 0.25) is 0 Å². The molecule has 4 nitrogen and oxygen atoms in total. The van der Waals surface area contributed by atoms with E-state index in [-0.39, 0.29) is 5.92 Å². The third-order valence-electron chi connectivity index (χ3n) is 11.6. The van der Waals surface area contributed by atoms with Crippen LogP contribution < -0.4 is 0 Å². The highest BCUT2D eigenvalue weighted by Gasteiger charge is 2.52. The molecule has 3 unspecified atom stereocenters. The quantitative estimate of drug-likeness (QED) is 0.175. The fraction of sp³-hybridized carbons (Fsp3) is 0.143. The summed E-state index contributed by atoms with van der Waals surface area (Å²) in [5.74, 6) is 2.92. The lowest BCUT2D eigenvalue weighted by atomic mass is 9.63. The van der Waals surface area contributed by atoms with Crippen LogP contribution in [0, 0.1) is 5.92 Å². The molecule has 0 saturated heterocycles. The molecule has 0 bridgehead atoms. The van der Waals surface area contributed by atoms with Crippen molar-refractivity contribution in [1.82, 2.24) is 19.9 Å². The second kappa shape index (κ2) is 13.5. The van der Waals surface area contributed by atoms with Gasteiger partial charge in [0, 0.05) is 33.7 Å². The molecule has 3 aromatic carbocycles. The number of benzene rings is 3. The number of hydrogen-bond acceptors (Lipinski definition) is 5. The van der Waals surface area contributed by atoms with Crippen LogP contribution in [-0.4, -0.2) is 19.9 Å². The number of fused-ring (bicyclic) bond motifs is 8. The minimum absolute atomic E-state index is 0.0910. The summed E-state index contributed by atoms with van der Waals surface area (Å²) in [5, 5.41) is 0. The second-order valence-electron chi connectivity index (χ2n) is 14.5. The Bertz CT molecular complexity index is 2500. The van der Waals surface area contributed by atoms with Gasteiger partial charge in [-0.25, -0.2) is 15.0 Å². The van der Waals surface area contributed by atoms with Gasteiger partial charge >= 0.3 is 0 Å². The van der Waals surface area contributed by atoms with Gasteiger partial charge in [0.05, 0.1) is 5.41 Å². The molecule has 0 amide bonds. The Labute approximate surface area is 321 Å². The van der Waals surface area contributed by atoms with Crippen molar-refractivity contribution in [3.63, 3.8) is 0 Å². The summed E-state index contributed by atoms with van der Waals surface area (Å²) >= 11 is 1.84. The van der Waals surface area contributed by atoms with Crippen LogP contribution in [0.3, 0.4) is 0 Å². The molecule has 260 valence electrons. The molecule has 0 fully saturated rings. The second-order valence-corrected chi connectivity index (χ2v) is 15.5. The van der Waals surface area contributed by atoms with E-state index in [0.717, 1.165) is 35.6 Å². The van der Waals surface area contributed by atoms with Crippen LogP contribution in [0.2, 0.25) is 0 Å². The fourth-order valence-corrected chi connectivity index (χ4v) is 10.3. The van der Waals surface area contributed by atoms with Crippen LogP contribution >= 0.6 is 11.8 Å². The maximum absolute atomic E-state index is 5.11. The topological polar surface area (TPSA) is 51.6 Å². The predicted octanol–water partition coefficient (Wildman–Crippen LogP) is 11.7. The van der Waals surface area contributed by atoms with Gasteiger partial charge in [-0.2, -0.15) is 0 Å². The highest BCUT2D eigenvalue weighted by atomic mass is 32.2. The van der Waals surface area contributed by atoms with E-state index in [9.17, 15) is 0 Å². The zero-order valence-corrected chi connectivity index (χ0v) is 30.7. The Morgan fingerprint density at radius 2 is 1.57 bits per heavy atom. The van der Waals surface area contributed by atoms with Crippen molar-refractivity contribution in [3.8, 4) is 22.5 Å². The minimum atomic E-state index is -0.552. The van der Waals surface area contributed by atoms with E-state index in [1.54, 1.807) is 0 Å². The number of pyridine rings is 1. The molecule has 10 rings (SSSR count). The smallest absolute Gasteiger partial charge is 0.163 e. The Kier molecular flexibility index (Phi) is 8.18. The molecule has 5 aliphatic rings. The van der Waals surface area contributed by atoms with Crippen LogP contribution in [0.5, 0.6) is 0 Å². The predicted molar refractivity (Wildman–Crippen MR) is 222 cm³/mol. The number of allylic oxidation sites excluding steroid dienone is 11. The van der Waals surface area contributed by atoms with Crippen LogP contribution in [0.4, 0.5) is 0 Å². The number of hydrogen-bond donors (Lipinski definition) is 0. The SMILES string of the molecule is C=CC1=C(/C=C/c2nc(-c3ccccc3)nc(C3C=CC=CC3)n2)C2(C3=CC(C4CC=Cc5cnccc54)CC=C3S1)c1ccccc1-c1ccccc12. The molecule has 3 atom stereocenters. The summed E-state index contributed by atoms with van der Waals surface area (Å²) in [6, 6.07) is 30.4. The van der Waals surface area contributed by atoms with Crippen molar-refractivity contribution >= 4 is 23.9 Å². The molecular formula is C49H38N4S. The van der Waals surface area contributed by atoms with E-state index in [2.05, 4.69) is 139 Å². The minimum Gasteiger partial charge on any atom is -0.264 e. The van der Waals surface area contributed by atoms with Crippen LogP contribution in [0.1, 0.15) is 65.0 Å². The van der Waals surface area contributed by atoms with Crippen molar-refractivity contribution in [3.05, 3.63) is 213 Å². The van der Waals surface area contributed by atoms with Crippen molar-refractivity contribution < 1.29 is 0 Å². The highest BCUT2D eigenvalue weighted by molar-refractivity contribution is 8.07. The van der Waals surface area contributed by atoms with Crippen LogP contribution in [0.15, 0.2) is 180 Å². The summed E-state index contributed by atoms with van der Waals surface area (Å²) in [5.41, 5.74) is 10.8. The van der Waals surface area contributed by atoms with Gasteiger partial charge in [0.1, 0.15) is 5.82 Å². The first-order valence-electron chi connectivity index (χ1n) is 18.8. The molecule has 4 aliphatic carbocycles. The molecular weight excluding hydrogens is 677 g/mol. The van der Waals surface area contributed by atoms with Crippen LogP contribution in [0.25, 0.3) is 34.7 Å². The molecule has 2 aromatic heterocycles. The zero-order valence-electron chi connectivity index (χ0n) is 29.8. The van der Waals surface area contributed by atoms with E-state index < -0.39 is 5.41 Å². The number of nitrogens with zero attached hydrogens (tertiary/aromatic N) is 4.